The Bertz CT molecular complexity index is 973. The fourth-order valence-electron chi connectivity index (χ4n) is 2.12. The zero-order valence-corrected chi connectivity index (χ0v) is 16.7. The molecule has 1 heterocycles. The van der Waals surface area contributed by atoms with Crippen molar-refractivity contribution in [1.82, 2.24) is 4.98 Å². The SMILES string of the molecule is Cc1cc(NC(=O)c2csc(NC(=O)c3ccc(Cl)cc3)n2)ccc1Br. The van der Waals surface area contributed by atoms with E-state index in [9.17, 15) is 9.59 Å². The number of anilines is 2. The molecule has 26 heavy (non-hydrogen) atoms. The summed E-state index contributed by atoms with van der Waals surface area (Å²) in [6.07, 6.45) is 0. The van der Waals surface area contributed by atoms with Crippen LogP contribution in [0.1, 0.15) is 26.4 Å². The van der Waals surface area contributed by atoms with E-state index in [0.717, 1.165) is 10.0 Å². The molecule has 1 aromatic heterocycles. The van der Waals surface area contributed by atoms with Crippen molar-refractivity contribution in [2.45, 2.75) is 6.92 Å². The predicted octanol–water partition coefficient (Wildman–Crippen LogP) is 5.37. The van der Waals surface area contributed by atoms with Gasteiger partial charge in [-0.25, -0.2) is 4.98 Å². The summed E-state index contributed by atoms with van der Waals surface area (Å²) >= 11 is 10.4. The lowest BCUT2D eigenvalue weighted by molar-refractivity contribution is 0.101. The molecule has 0 spiro atoms. The van der Waals surface area contributed by atoms with Gasteiger partial charge in [0.15, 0.2) is 5.13 Å². The van der Waals surface area contributed by atoms with E-state index < -0.39 is 0 Å². The van der Waals surface area contributed by atoms with Crippen LogP contribution in [0.25, 0.3) is 0 Å². The largest absolute Gasteiger partial charge is 0.321 e. The number of nitrogens with zero attached hydrogens (tertiary/aromatic N) is 1. The fraction of sp³-hybridized carbons (Fsp3) is 0.0556. The van der Waals surface area contributed by atoms with E-state index >= 15 is 0 Å². The van der Waals surface area contributed by atoms with Gasteiger partial charge in [0.25, 0.3) is 11.8 Å². The summed E-state index contributed by atoms with van der Waals surface area (Å²) in [4.78, 5) is 28.7. The molecule has 3 aromatic rings. The van der Waals surface area contributed by atoms with Crippen LogP contribution in [0.2, 0.25) is 5.02 Å². The molecular weight excluding hydrogens is 438 g/mol. The monoisotopic (exact) mass is 449 g/mol. The molecule has 0 radical (unpaired) electrons. The minimum absolute atomic E-state index is 0.238. The van der Waals surface area contributed by atoms with E-state index in [4.69, 9.17) is 11.6 Å². The number of aryl methyl sites for hydroxylation is 1. The molecule has 3 rings (SSSR count). The summed E-state index contributed by atoms with van der Waals surface area (Å²) in [5.74, 6) is -0.651. The van der Waals surface area contributed by atoms with Gasteiger partial charge in [0.1, 0.15) is 5.69 Å². The van der Waals surface area contributed by atoms with Crippen molar-refractivity contribution in [2.75, 3.05) is 10.6 Å². The highest BCUT2D eigenvalue weighted by Gasteiger charge is 2.14. The highest BCUT2D eigenvalue weighted by molar-refractivity contribution is 9.10. The predicted molar refractivity (Wildman–Crippen MR) is 108 cm³/mol. The lowest BCUT2D eigenvalue weighted by atomic mass is 10.2. The fourth-order valence-corrected chi connectivity index (χ4v) is 3.18. The Morgan fingerprint density at radius 3 is 2.50 bits per heavy atom. The van der Waals surface area contributed by atoms with Gasteiger partial charge >= 0.3 is 0 Å². The molecule has 2 amide bonds. The molecule has 0 saturated heterocycles. The van der Waals surface area contributed by atoms with Crippen molar-refractivity contribution in [1.29, 1.82) is 0 Å². The van der Waals surface area contributed by atoms with Crippen LogP contribution in [0.5, 0.6) is 0 Å². The minimum Gasteiger partial charge on any atom is -0.321 e. The van der Waals surface area contributed by atoms with Crippen molar-refractivity contribution in [2.24, 2.45) is 0 Å². The number of benzene rings is 2. The summed E-state index contributed by atoms with van der Waals surface area (Å²) in [5, 5.41) is 7.96. The Kier molecular flexibility index (Phi) is 5.70. The Balaban J connectivity index is 1.66. The summed E-state index contributed by atoms with van der Waals surface area (Å²) in [6.45, 7) is 1.94. The lowest BCUT2D eigenvalue weighted by Crippen LogP contribution is -2.14. The number of hydrogen-bond donors (Lipinski definition) is 2. The third kappa shape index (κ3) is 4.49. The molecule has 8 heteroatoms. The lowest BCUT2D eigenvalue weighted by Gasteiger charge is -2.05. The normalized spacial score (nSPS) is 10.4. The van der Waals surface area contributed by atoms with Crippen LogP contribution in [0.3, 0.4) is 0 Å². The Morgan fingerprint density at radius 2 is 1.81 bits per heavy atom. The van der Waals surface area contributed by atoms with Gasteiger partial charge in [0, 0.05) is 26.1 Å². The molecule has 0 saturated carbocycles. The third-order valence-corrected chi connectivity index (χ3v) is 5.38. The molecule has 2 N–H and O–H groups in total. The Labute approximate surface area is 167 Å². The maximum atomic E-state index is 12.3. The Morgan fingerprint density at radius 1 is 1.08 bits per heavy atom. The van der Waals surface area contributed by atoms with Crippen LogP contribution >= 0.6 is 38.9 Å². The first-order chi connectivity index (χ1) is 12.4. The zero-order valence-electron chi connectivity index (χ0n) is 13.5. The van der Waals surface area contributed by atoms with Crippen LogP contribution in [0.4, 0.5) is 10.8 Å². The van der Waals surface area contributed by atoms with Gasteiger partial charge in [0.2, 0.25) is 0 Å². The van der Waals surface area contributed by atoms with E-state index in [1.165, 1.54) is 11.3 Å². The molecule has 5 nitrogen and oxygen atoms in total. The second-order valence-corrected chi connectivity index (χ2v) is 7.57. The number of aromatic nitrogens is 1. The summed E-state index contributed by atoms with van der Waals surface area (Å²) in [5.41, 5.74) is 2.38. The first-order valence-corrected chi connectivity index (χ1v) is 9.57. The zero-order chi connectivity index (χ0) is 18.7. The van der Waals surface area contributed by atoms with Gasteiger partial charge in [0.05, 0.1) is 0 Å². The second-order valence-electron chi connectivity index (χ2n) is 5.42. The van der Waals surface area contributed by atoms with E-state index in [0.29, 0.717) is 21.4 Å². The summed E-state index contributed by atoms with van der Waals surface area (Å²) < 4.78 is 0.969. The third-order valence-electron chi connectivity index (χ3n) is 3.48. The molecule has 2 aromatic carbocycles. The molecule has 0 fully saturated rings. The van der Waals surface area contributed by atoms with E-state index in [1.54, 1.807) is 35.7 Å². The van der Waals surface area contributed by atoms with Gasteiger partial charge in [-0.15, -0.1) is 11.3 Å². The van der Waals surface area contributed by atoms with Crippen LogP contribution in [0, 0.1) is 6.92 Å². The average Bonchev–Trinajstić information content (AvgIpc) is 3.07. The first kappa shape index (κ1) is 18.6. The van der Waals surface area contributed by atoms with Crippen molar-refractivity contribution >= 4 is 61.5 Å². The van der Waals surface area contributed by atoms with Crippen molar-refractivity contribution in [3.05, 3.63) is 74.2 Å². The molecule has 0 bridgehead atoms. The molecule has 0 unspecified atom stereocenters. The maximum absolute atomic E-state index is 12.3. The number of carbonyl (C=O) groups excluding carboxylic acids is 2. The van der Waals surface area contributed by atoms with Crippen LogP contribution < -0.4 is 10.6 Å². The van der Waals surface area contributed by atoms with Crippen LogP contribution in [-0.2, 0) is 0 Å². The van der Waals surface area contributed by atoms with Crippen LogP contribution in [-0.4, -0.2) is 16.8 Å². The molecule has 0 aliphatic rings. The quantitative estimate of drug-likeness (QED) is 0.561. The average molecular weight is 451 g/mol. The second kappa shape index (κ2) is 7.99. The number of halogens is 2. The number of rotatable bonds is 4. The minimum atomic E-state index is -0.338. The van der Waals surface area contributed by atoms with Gasteiger partial charge in [-0.05, 0) is 55.0 Å². The molecule has 132 valence electrons. The van der Waals surface area contributed by atoms with Crippen molar-refractivity contribution in [3.8, 4) is 0 Å². The van der Waals surface area contributed by atoms with Gasteiger partial charge in [-0.1, -0.05) is 27.5 Å². The maximum Gasteiger partial charge on any atom is 0.275 e. The van der Waals surface area contributed by atoms with Gasteiger partial charge in [-0.3, -0.25) is 14.9 Å². The highest BCUT2D eigenvalue weighted by Crippen LogP contribution is 2.22. The van der Waals surface area contributed by atoms with Crippen LogP contribution in [0.15, 0.2) is 52.3 Å². The number of hydrogen-bond acceptors (Lipinski definition) is 4. The molecule has 0 aliphatic heterocycles. The summed E-state index contributed by atoms with van der Waals surface area (Å²) in [6, 6.07) is 12.0. The molecule has 0 atom stereocenters. The molecule has 0 aliphatic carbocycles. The topological polar surface area (TPSA) is 71.1 Å². The standard InChI is InChI=1S/C18H13BrClN3O2S/c1-10-8-13(6-7-14(10)19)21-17(25)15-9-26-18(22-15)23-16(24)11-2-4-12(20)5-3-11/h2-9H,1H3,(H,21,25)(H,22,23,24). The van der Waals surface area contributed by atoms with Crippen molar-refractivity contribution < 1.29 is 9.59 Å². The smallest absolute Gasteiger partial charge is 0.275 e. The van der Waals surface area contributed by atoms with E-state index in [1.807, 2.05) is 19.1 Å². The number of carbonyl (C=O) groups is 2. The summed E-state index contributed by atoms with van der Waals surface area (Å²) in [7, 11) is 0. The van der Waals surface area contributed by atoms with E-state index in [-0.39, 0.29) is 17.5 Å². The molecular formula is C18H13BrClN3O2S. The van der Waals surface area contributed by atoms with E-state index in [2.05, 4.69) is 31.5 Å². The van der Waals surface area contributed by atoms with Gasteiger partial charge in [-0.2, -0.15) is 0 Å². The number of amides is 2. The highest BCUT2D eigenvalue weighted by atomic mass is 79.9. The number of nitrogens with one attached hydrogen (secondary N) is 2. The Hall–Kier alpha value is -2.22. The van der Waals surface area contributed by atoms with Crippen molar-refractivity contribution in [3.63, 3.8) is 0 Å². The number of thiazole rings is 1. The first-order valence-electron chi connectivity index (χ1n) is 7.52. The van der Waals surface area contributed by atoms with Gasteiger partial charge < -0.3 is 5.32 Å².